The third kappa shape index (κ3) is 5.56. The van der Waals surface area contributed by atoms with Gasteiger partial charge in [0.1, 0.15) is 11.5 Å². The Morgan fingerprint density at radius 1 is 1.04 bits per heavy atom. The van der Waals surface area contributed by atoms with Crippen LogP contribution in [0.1, 0.15) is 56.4 Å². The Labute approximate surface area is 153 Å². The van der Waals surface area contributed by atoms with Crippen molar-refractivity contribution in [3.05, 3.63) is 59.0 Å². The number of rotatable bonds is 7. The first-order valence-corrected chi connectivity index (χ1v) is 12.0. The predicted octanol–water partition coefficient (Wildman–Crippen LogP) is 5.96. The van der Waals surface area contributed by atoms with Crippen LogP contribution in [0.2, 0.25) is 18.1 Å². The summed E-state index contributed by atoms with van der Waals surface area (Å²) in [7, 11) is -1.69. The van der Waals surface area contributed by atoms with E-state index in [1.165, 1.54) is 11.1 Å². The Morgan fingerprint density at radius 3 is 2.16 bits per heavy atom. The van der Waals surface area contributed by atoms with Crippen LogP contribution in [0.3, 0.4) is 0 Å². The SMILES string of the molecule is Cc1ccc([C@H](C)NCc2ccc(CO[Si](C)(C)C(C)(C)C)cc2)o1. The monoisotopic (exact) mass is 359 g/mol. The molecule has 0 fully saturated rings. The smallest absolute Gasteiger partial charge is 0.192 e. The molecule has 1 N–H and O–H groups in total. The molecule has 1 aromatic heterocycles. The van der Waals surface area contributed by atoms with E-state index in [9.17, 15) is 0 Å². The van der Waals surface area contributed by atoms with Gasteiger partial charge in [0, 0.05) is 6.54 Å². The van der Waals surface area contributed by atoms with Gasteiger partial charge >= 0.3 is 0 Å². The zero-order chi connectivity index (χ0) is 18.7. The first-order valence-electron chi connectivity index (χ1n) is 9.10. The van der Waals surface area contributed by atoms with Crippen molar-refractivity contribution in [1.29, 1.82) is 0 Å². The minimum atomic E-state index is -1.69. The summed E-state index contributed by atoms with van der Waals surface area (Å²) in [4.78, 5) is 0. The van der Waals surface area contributed by atoms with Crippen LogP contribution in [0.25, 0.3) is 0 Å². The van der Waals surface area contributed by atoms with Crippen molar-refractivity contribution in [2.45, 2.75) is 71.9 Å². The molecule has 2 rings (SSSR count). The van der Waals surface area contributed by atoms with E-state index in [2.05, 4.69) is 70.4 Å². The molecule has 25 heavy (non-hydrogen) atoms. The molecule has 0 saturated heterocycles. The first kappa shape index (κ1) is 20.0. The molecule has 0 aliphatic heterocycles. The van der Waals surface area contributed by atoms with Gasteiger partial charge in [-0.2, -0.15) is 0 Å². The Bertz CT molecular complexity index is 668. The zero-order valence-electron chi connectivity index (χ0n) is 16.8. The lowest BCUT2D eigenvalue weighted by atomic mass is 10.1. The summed E-state index contributed by atoms with van der Waals surface area (Å²) >= 11 is 0. The summed E-state index contributed by atoms with van der Waals surface area (Å²) in [6.07, 6.45) is 0. The van der Waals surface area contributed by atoms with Gasteiger partial charge in [-0.05, 0) is 55.2 Å². The van der Waals surface area contributed by atoms with Crippen LogP contribution in [0.4, 0.5) is 0 Å². The Kier molecular flexibility index (Phi) is 6.30. The van der Waals surface area contributed by atoms with Crippen LogP contribution in [-0.4, -0.2) is 8.32 Å². The van der Waals surface area contributed by atoms with Crippen LogP contribution in [0, 0.1) is 6.92 Å². The van der Waals surface area contributed by atoms with Gasteiger partial charge in [0.25, 0.3) is 0 Å². The minimum Gasteiger partial charge on any atom is -0.465 e. The number of nitrogens with one attached hydrogen (secondary N) is 1. The van der Waals surface area contributed by atoms with Crippen LogP contribution >= 0.6 is 0 Å². The molecule has 1 aromatic carbocycles. The molecule has 0 unspecified atom stereocenters. The lowest BCUT2D eigenvalue weighted by Crippen LogP contribution is -2.40. The fourth-order valence-corrected chi connectivity index (χ4v) is 3.25. The van der Waals surface area contributed by atoms with Gasteiger partial charge in [0.15, 0.2) is 8.32 Å². The highest BCUT2D eigenvalue weighted by atomic mass is 28.4. The largest absolute Gasteiger partial charge is 0.465 e. The molecule has 138 valence electrons. The lowest BCUT2D eigenvalue weighted by Gasteiger charge is -2.36. The third-order valence-electron chi connectivity index (χ3n) is 5.23. The number of aryl methyl sites for hydroxylation is 1. The van der Waals surface area contributed by atoms with E-state index in [-0.39, 0.29) is 11.1 Å². The fraction of sp³-hybridized carbons (Fsp3) is 0.524. The van der Waals surface area contributed by atoms with Gasteiger partial charge in [0.05, 0.1) is 12.6 Å². The Balaban J connectivity index is 1.85. The van der Waals surface area contributed by atoms with Crippen molar-refractivity contribution >= 4 is 8.32 Å². The van der Waals surface area contributed by atoms with Crippen LogP contribution in [0.15, 0.2) is 40.8 Å². The second kappa shape index (κ2) is 7.90. The molecule has 4 heteroatoms. The topological polar surface area (TPSA) is 34.4 Å². The number of benzene rings is 1. The maximum absolute atomic E-state index is 6.29. The standard InChI is InChI=1S/C21H33NO2Si/c1-16-8-13-20(24-16)17(2)22-14-18-9-11-19(12-10-18)15-23-25(6,7)21(3,4)5/h8-13,17,22H,14-15H2,1-7H3/t17-/m0/s1. The van der Waals surface area contributed by atoms with Crippen molar-refractivity contribution in [3.8, 4) is 0 Å². The average molecular weight is 360 g/mol. The molecule has 0 aliphatic rings. The highest BCUT2D eigenvalue weighted by Crippen LogP contribution is 2.37. The molecule has 3 nitrogen and oxygen atoms in total. The second-order valence-corrected chi connectivity index (χ2v) is 13.2. The van der Waals surface area contributed by atoms with Gasteiger partial charge < -0.3 is 14.2 Å². The summed E-state index contributed by atoms with van der Waals surface area (Å²) in [5.41, 5.74) is 2.51. The van der Waals surface area contributed by atoms with Gasteiger partial charge in [-0.1, -0.05) is 45.0 Å². The molecule has 0 spiro atoms. The van der Waals surface area contributed by atoms with E-state index in [0.717, 1.165) is 18.1 Å². The Morgan fingerprint density at radius 2 is 1.64 bits per heavy atom. The summed E-state index contributed by atoms with van der Waals surface area (Å²) in [5.74, 6) is 1.94. The van der Waals surface area contributed by atoms with Gasteiger partial charge in [-0.3, -0.25) is 0 Å². The number of hydrogen-bond acceptors (Lipinski definition) is 3. The molecule has 2 aromatic rings. The van der Waals surface area contributed by atoms with E-state index >= 15 is 0 Å². The van der Waals surface area contributed by atoms with Gasteiger partial charge in [-0.15, -0.1) is 0 Å². The molecule has 0 amide bonds. The van der Waals surface area contributed by atoms with E-state index in [0.29, 0.717) is 6.61 Å². The molecule has 1 atom stereocenters. The quantitative estimate of drug-likeness (QED) is 0.619. The first-order chi connectivity index (χ1) is 11.6. The van der Waals surface area contributed by atoms with Crippen LogP contribution in [-0.2, 0) is 17.6 Å². The number of hydrogen-bond donors (Lipinski definition) is 1. The van der Waals surface area contributed by atoms with E-state index < -0.39 is 8.32 Å². The minimum absolute atomic E-state index is 0.204. The summed E-state index contributed by atoms with van der Waals surface area (Å²) in [5, 5.41) is 3.75. The summed E-state index contributed by atoms with van der Waals surface area (Å²) in [6.45, 7) is 17.0. The maximum Gasteiger partial charge on any atom is 0.192 e. The normalized spacial score (nSPS) is 13.9. The molecule has 1 heterocycles. The highest BCUT2D eigenvalue weighted by molar-refractivity contribution is 6.74. The van der Waals surface area contributed by atoms with Crippen molar-refractivity contribution in [2.24, 2.45) is 0 Å². The Hall–Kier alpha value is -1.36. The fourth-order valence-electron chi connectivity index (χ4n) is 2.29. The maximum atomic E-state index is 6.29. The van der Waals surface area contributed by atoms with Crippen LogP contribution < -0.4 is 5.32 Å². The molecular weight excluding hydrogens is 326 g/mol. The number of furan rings is 1. The van der Waals surface area contributed by atoms with Crippen molar-refractivity contribution in [3.63, 3.8) is 0 Å². The van der Waals surface area contributed by atoms with E-state index in [4.69, 9.17) is 8.84 Å². The van der Waals surface area contributed by atoms with Gasteiger partial charge in [-0.25, -0.2) is 0 Å². The molecular formula is C21H33NO2Si. The zero-order valence-corrected chi connectivity index (χ0v) is 17.8. The average Bonchev–Trinajstić information content (AvgIpc) is 2.97. The molecule has 0 bridgehead atoms. The van der Waals surface area contributed by atoms with Crippen molar-refractivity contribution in [2.75, 3.05) is 0 Å². The third-order valence-corrected chi connectivity index (χ3v) is 9.71. The van der Waals surface area contributed by atoms with Gasteiger partial charge in [0.2, 0.25) is 0 Å². The molecule has 0 aliphatic carbocycles. The summed E-state index contributed by atoms with van der Waals surface area (Å²) < 4.78 is 12.0. The lowest BCUT2D eigenvalue weighted by molar-refractivity contribution is 0.276. The second-order valence-electron chi connectivity index (χ2n) is 8.42. The van der Waals surface area contributed by atoms with Crippen molar-refractivity contribution < 1.29 is 8.84 Å². The van der Waals surface area contributed by atoms with Crippen molar-refractivity contribution in [1.82, 2.24) is 5.32 Å². The highest BCUT2D eigenvalue weighted by Gasteiger charge is 2.36. The van der Waals surface area contributed by atoms with Crippen LogP contribution in [0.5, 0.6) is 0 Å². The summed E-state index contributed by atoms with van der Waals surface area (Å²) in [6, 6.07) is 12.9. The molecule has 0 radical (unpaired) electrons. The molecule has 0 saturated carbocycles. The van der Waals surface area contributed by atoms with E-state index in [1.54, 1.807) is 0 Å². The van der Waals surface area contributed by atoms with E-state index in [1.807, 2.05) is 19.1 Å². The predicted molar refractivity (Wildman–Crippen MR) is 107 cm³/mol.